The van der Waals surface area contributed by atoms with Gasteiger partial charge < -0.3 is 10.2 Å². The third-order valence-electron chi connectivity index (χ3n) is 4.19. The lowest BCUT2D eigenvalue weighted by Crippen LogP contribution is -2.55. The fourth-order valence-corrected chi connectivity index (χ4v) is 3.08. The molecular formula is C15H20N4. The molecule has 4 heteroatoms. The van der Waals surface area contributed by atoms with Crippen molar-refractivity contribution in [1.82, 2.24) is 10.3 Å². The molecule has 2 atom stereocenters. The molecule has 1 N–H and O–H groups in total. The molecule has 0 aromatic carbocycles. The quantitative estimate of drug-likeness (QED) is 0.829. The lowest BCUT2D eigenvalue weighted by atomic mass is 10.1. The van der Waals surface area contributed by atoms with E-state index in [1.165, 1.54) is 17.7 Å². The van der Waals surface area contributed by atoms with Gasteiger partial charge in [0.15, 0.2) is 0 Å². The maximum Gasteiger partial charge on any atom is 0.147 e. The molecule has 1 aromatic rings. The predicted molar refractivity (Wildman–Crippen MR) is 75.2 cm³/mol. The molecular weight excluding hydrogens is 236 g/mol. The Hall–Kier alpha value is -1.60. The first kappa shape index (κ1) is 12.4. The van der Waals surface area contributed by atoms with E-state index in [0.717, 1.165) is 37.3 Å². The fraction of sp³-hybridized carbons (Fsp3) is 0.600. The predicted octanol–water partition coefficient (Wildman–Crippen LogP) is 1.63. The van der Waals surface area contributed by atoms with Gasteiger partial charge in [-0.2, -0.15) is 5.26 Å². The van der Waals surface area contributed by atoms with Crippen LogP contribution in [-0.4, -0.2) is 30.2 Å². The number of aryl methyl sites for hydroxylation is 2. The number of rotatable bonds is 1. The van der Waals surface area contributed by atoms with Crippen molar-refractivity contribution in [3.8, 4) is 6.07 Å². The van der Waals surface area contributed by atoms with Crippen LogP contribution in [0.2, 0.25) is 0 Å². The molecule has 2 unspecified atom stereocenters. The second kappa shape index (κ2) is 4.82. The minimum absolute atomic E-state index is 0.384. The first-order valence-corrected chi connectivity index (χ1v) is 7.12. The Morgan fingerprint density at radius 2 is 2.26 bits per heavy atom. The van der Waals surface area contributed by atoms with E-state index < -0.39 is 0 Å². The van der Waals surface area contributed by atoms with Crippen LogP contribution < -0.4 is 10.2 Å². The van der Waals surface area contributed by atoms with Crippen LogP contribution >= 0.6 is 0 Å². The number of hydrogen-bond acceptors (Lipinski definition) is 4. The molecule has 1 aliphatic heterocycles. The zero-order valence-corrected chi connectivity index (χ0v) is 11.6. The molecule has 1 aliphatic carbocycles. The number of nitriles is 1. The van der Waals surface area contributed by atoms with Crippen molar-refractivity contribution in [3.05, 3.63) is 22.9 Å². The Morgan fingerprint density at radius 1 is 1.42 bits per heavy atom. The summed E-state index contributed by atoms with van der Waals surface area (Å²) in [5, 5.41) is 12.9. The van der Waals surface area contributed by atoms with Gasteiger partial charge >= 0.3 is 0 Å². The maximum absolute atomic E-state index is 9.40. The van der Waals surface area contributed by atoms with Gasteiger partial charge in [-0.15, -0.1) is 0 Å². The van der Waals surface area contributed by atoms with Gasteiger partial charge in [-0.05, 0) is 44.7 Å². The molecule has 0 saturated carbocycles. The van der Waals surface area contributed by atoms with E-state index in [0.29, 0.717) is 12.1 Å². The van der Waals surface area contributed by atoms with E-state index in [4.69, 9.17) is 4.98 Å². The molecule has 2 heterocycles. The number of pyridine rings is 1. The van der Waals surface area contributed by atoms with E-state index in [2.05, 4.69) is 36.2 Å². The number of nitrogens with one attached hydrogen (secondary N) is 1. The highest BCUT2D eigenvalue weighted by Crippen LogP contribution is 2.28. The topological polar surface area (TPSA) is 52.0 Å². The summed E-state index contributed by atoms with van der Waals surface area (Å²) in [6.07, 6.45) is 3.30. The van der Waals surface area contributed by atoms with Crippen LogP contribution in [-0.2, 0) is 12.8 Å². The van der Waals surface area contributed by atoms with Crippen LogP contribution in [0.15, 0.2) is 6.07 Å². The van der Waals surface area contributed by atoms with Gasteiger partial charge in [-0.1, -0.05) is 0 Å². The molecule has 0 spiro atoms. The first-order valence-electron chi connectivity index (χ1n) is 7.12. The summed E-state index contributed by atoms with van der Waals surface area (Å²) >= 11 is 0. The number of fused-ring (bicyclic) bond motifs is 1. The van der Waals surface area contributed by atoms with Crippen molar-refractivity contribution in [1.29, 1.82) is 5.26 Å². The zero-order chi connectivity index (χ0) is 13.4. The van der Waals surface area contributed by atoms with Crippen LogP contribution in [0.3, 0.4) is 0 Å². The number of hydrogen-bond donors (Lipinski definition) is 1. The summed E-state index contributed by atoms with van der Waals surface area (Å²) in [5.41, 5.74) is 3.21. The average molecular weight is 256 g/mol. The molecule has 1 saturated heterocycles. The van der Waals surface area contributed by atoms with E-state index in [-0.39, 0.29) is 0 Å². The SMILES string of the molecule is CC1CN(c2nc3c(cc2C#N)CCC3)C(C)CN1. The molecule has 2 aliphatic rings. The molecule has 0 amide bonds. The van der Waals surface area contributed by atoms with Crippen molar-refractivity contribution in [3.63, 3.8) is 0 Å². The molecule has 1 fully saturated rings. The number of nitrogens with zero attached hydrogens (tertiary/aromatic N) is 3. The van der Waals surface area contributed by atoms with Gasteiger partial charge in [-0.25, -0.2) is 4.98 Å². The normalized spacial score (nSPS) is 26.1. The van der Waals surface area contributed by atoms with Crippen molar-refractivity contribution in [2.45, 2.75) is 45.2 Å². The second-order valence-corrected chi connectivity index (χ2v) is 5.74. The average Bonchev–Trinajstić information content (AvgIpc) is 2.87. The molecule has 3 rings (SSSR count). The summed E-state index contributed by atoms with van der Waals surface area (Å²) in [5.74, 6) is 0.893. The summed E-state index contributed by atoms with van der Waals surface area (Å²) in [7, 11) is 0. The first-order chi connectivity index (χ1) is 9.19. The Labute approximate surface area is 114 Å². The van der Waals surface area contributed by atoms with Gasteiger partial charge in [0.1, 0.15) is 11.9 Å². The zero-order valence-electron chi connectivity index (χ0n) is 11.6. The third kappa shape index (κ3) is 2.19. The standard InChI is InChI=1S/C15H20N4/c1-10-9-19(11(2)8-17-10)15-13(7-16)6-12-4-3-5-14(12)18-15/h6,10-11,17H,3-5,8-9H2,1-2H3. The number of aromatic nitrogens is 1. The van der Waals surface area contributed by atoms with Crippen molar-refractivity contribution >= 4 is 5.82 Å². The molecule has 4 nitrogen and oxygen atoms in total. The smallest absolute Gasteiger partial charge is 0.147 e. The van der Waals surface area contributed by atoms with Gasteiger partial charge in [0, 0.05) is 30.9 Å². The molecule has 19 heavy (non-hydrogen) atoms. The summed E-state index contributed by atoms with van der Waals surface area (Å²) in [6, 6.07) is 5.22. The molecule has 0 bridgehead atoms. The van der Waals surface area contributed by atoms with E-state index in [1.807, 2.05) is 0 Å². The van der Waals surface area contributed by atoms with Gasteiger partial charge in [-0.3, -0.25) is 0 Å². The minimum atomic E-state index is 0.384. The van der Waals surface area contributed by atoms with Crippen LogP contribution in [0.25, 0.3) is 0 Å². The van der Waals surface area contributed by atoms with E-state index >= 15 is 0 Å². The highest BCUT2D eigenvalue weighted by molar-refractivity contribution is 5.57. The van der Waals surface area contributed by atoms with Crippen molar-refractivity contribution in [2.75, 3.05) is 18.0 Å². The Kier molecular flexibility index (Phi) is 3.16. The Bertz CT molecular complexity index is 532. The Morgan fingerprint density at radius 3 is 3.05 bits per heavy atom. The van der Waals surface area contributed by atoms with E-state index in [9.17, 15) is 5.26 Å². The van der Waals surface area contributed by atoms with Crippen LogP contribution in [0, 0.1) is 11.3 Å². The lowest BCUT2D eigenvalue weighted by molar-refractivity contribution is 0.422. The maximum atomic E-state index is 9.40. The van der Waals surface area contributed by atoms with Gasteiger partial charge in [0.25, 0.3) is 0 Å². The van der Waals surface area contributed by atoms with Crippen molar-refractivity contribution in [2.24, 2.45) is 0 Å². The lowest BCUT2D eigenvalue weighted by Gasteiger charge is -2.39. The second-order valence-electron chi connectivity index (χ2n) is 5.74. The third-order valence-corrected chi connectivity index (χ3v) is 4.19. The van der Waals surface area contributed by atoms with Crippen LogP contribution in [0.1, 0.15) is 37.1 Å². The number of piperazine rings is 1. The molecule has 100 valence electrons. The van der Waals surface area contributed by atoms with Crippen LogP contribution in [0.4, 0.5) is 5.82 Å². The molecule has 0 radical (unpaired) electrons. The largest absolute Gasteiger partial charge is 0.350 e. The summed E-state index contributed by atoms with van der Waals surface area (Å²) < 4.78 is 0. The summed E-state index contributed by atoms with van der Waals surface area (Å²) in [4.78, 5) is 7.10. The highest BCUT2D eigenvalue weighted by atomic mass is 15.3. The van der Waals surface area contributed by atoms with Crippen molar-refractivity contribution < 1.29 is 0 Å². The van der Waals surface area contributed by atoms with Gasteiger partial charge in [0.2, 0.25) is 0 Å². The Balaban J connectivity index is 2.01. The molecule has 1 aromatic heterocycles. The minimum Gasteiger partial charge on any atom is -0.350 e. The van der Waals surface area contributed by atoms with Crippen LogP contribution in [0.5, 0.6) is 0 Å². The monoisotopic (exact) mass is 256 g/mol. The number of anilines is 1. The fourth-order valence-electron chi connectivity index (χ4n) is 3.08. The summed E-state index contributed by atoms with van der Waals surface area (Å²) in [6.45, 7) is 6.24. The highest BCUT2D eigenvalue weighted by Gasteiger charge is 2.27. The van der Waals surface area contributed by atoms with E-state index in [1.54, 1.807) is 0 Å². The van der Waals surface area contributed by atoms with Gasteiger partial charge in [0.05, 0.1) is 5.56 Å².